The minimum Gasteiger partial charge on any atom is -0.345 e. The number of nitrogens with zero attached hydrogens (tertiary/aromatic N) is 3. The third-order valence-electron chi connectivity index (χ3n) is 5.61. The van der Waals surface area contributed by atoms with Crippen molar-refractivity contribution in [2.75, 3.05) is 4.90 Å². The van der Waals surface area contributed by atoms with Gasteiger partial charge in [-0.3, -0.25) is 9.78 Å². The van der Waals surface area contributed by atoms with Crippen molar-refractivity contribution in [2.45, 2.75) is 13.0 Å². The van der Waals surface area contributed by atoms with Crippen LogP contribution in [0, 0.1) is 5.82 Å². The third kappa shape index (κ3) is 4.50. The van der Waals surface area contributed by atoms with Gasteiger partial charge in [-0.05, 0) is 46.3 Å². The number of H-pyrrole nitrogens is 1. The molecule has 0 aliphatic carbocycles. The summed E-state index contributed by atoms with van der Waals surface area (Å²) >= 11 is 0. The predicted octanol–water partition coefficient (Wildman–Crippen LogP) is 5.54. The fourth-order valence-corrected chi connectivity index (χ4v) is 3.95. The van der Waals surface area contributed by atoms with Gasteiger partial charge in [0.25, 0.3) is 0 Å². The molecule has 2 heterocycles. The van der Waals surface area contributed by atoms with Gasteiger partial charge in [0, 0.05) is 23.5 Å². The van der Waals surface area contributed by atoms with E-state index in [0.29, 0.717) is 0 Å². The monoisotopic (exact) mass is 436 g/mol. The maximum absolute atomic E-state index is 13.8. The first kappa shape index (κ1) is 20.6. The van der Waals surface area contributed by atoms with E-state index in [1.807, 2.05) is 54.6 Å². The Labute approximate surface area is 190 Å². The number of fused-ring (bicyclic) bond motifs is 1. The van der Waals surface area contributed by atoms with Crippen LogP contribution in [0.2, 0.25) is 0 Å². The van der Waals surface area contributed by atoms with Gasteiger partial charge in [0.1, 0.15) is 5.82 Å². The van der Waals surface area contributed by atoms with Gasteiger partial charge in [-0.1, -0.05) is 48.5 Å². The van der Waals surface area contributed by atoms with Crippen molar-refractivity contribution in [3.8, 4) is 11.3 Å². The van der Waals surface area contributed by atoms with Crippen LogP contribution in [0.3, 0.4) is 0 Å². The number of nitrogens with one attached hydrogen (secondary N) is 1. The molecule has 0 saturated heterocycles. The summed E-state index contributed by atoms with van der Waals surface area (Å²) in [7, 11) is 0. The summed E-state index contributed by atoms with van der Waals surface area (Å²) < 4.78 is 13.8. The number of rotatable bonds is 6. The average Bonchev–Trinajstić information content (AvgIpc) is 3.38. The van der Waals surface area contributed by atoms with E-state index in [0.717, 1.165) is 38.8 Å². The maximum Gasteiger partial charge on any atom is 0.231 e. The number of aromatic nitrogens is 3. The summed E-state index contributed by atoms with van der Waals surface area (Å²) in [5.74, 6) is -0.417. The molecule has 5 nitrogen and oxygen atoms in total. The lowest BCUT2D eigenvalue weighted by molar-refractivity contribution is -0.118. The molecule has 0 saturated carbocycles. The molecular weight excluding hydrogens is 415 g/mol. The van der Waals surface area contributed by atoms with E-state index in [4.69, 9.17) is 0 Å². The van der Waals surface area contributed by atoms with E-state index in [2.05, 4.69) is 15.0 Å². The van der Waals surface area contributed by atoms with Crippen LogP contribution in [0.25, 0.3) is 22.0 Å². The van der Waals surface area contributed by atoms with Crippen LogP contribution in [0.15, 0.2) is 97.7 Å². The molecule has 0 bridgehead atoms. The van der Waals surface area contributed by atoms with Crippen molar-refractivity contribution in [2.24, 2.45) is 0 Å². The lowest BCUT2D eigenvalue weighted by atomic mass is 10.0. The van der Waals surface area contributed by atoms with Gasteiger partial charge in [-0.25, -0.2) is 9.37 Å². The quantitative estimate of drug-likeness (QED) is 0.380. The highest BCUT2D eigenvalue weighted by Crippen LogP contribution is 2.25. The first-order chi connectivity index (χ1) is 16.2. The molecule has 0 unspecified atom stereocenters. The number of carbonyl (C=O) groups excluding carboxylic acids is 1. The number of hydrogen-bond acceptors (Lipinski definition) is 3. The number of aromatic amines is 1. The molecule has 0 spiro atoms. The van der Waals surface area contributed by atoms with E-state index in [1.54, 1.807) is 35.9 Å². The Kier molecular flexibility index (Phi) is 5.64. The number of benzene rings is 3. The molecule has 5 aromatic rings. The minimum absolute atomic E-state index is 0.0910. The molecule has 1 N–H and O–H groups in total. The van der Waals surface area contributed by atoms with Gasteiger partial charge in [-0.15, -0.1) is 0 Å². The average molecular weight is 436 g/mol. The molecule has 0 fully saturated rings. The van der Waals surface area contributed by atoms with E-state index in [1.165, 1.54) is 12.1 Å². The molecular formula is C27H21FN4O. The minimum atomic E-state index is -0.326. The second-order valence-electron chi connectivity index (χ2n) is 7.82. The SMILES string of the molecule is O=C(Cc1cncc2ccccc12)N(Cc1cccc(F)c1)c1ccc(-c2cnc[nH]2)cc1. The second kappa shape index (κ2) is 9.04. The molecule has 1 amide bonds. The Morgan fingerprint density at radius 3 is 2.55 bits per heavy atom. The molecule has 162 valence electrons. The molecule has 2 aromatic heterocycles. The van der Waals surface area contributed by atoms with Gasteiger partial charge in [0.15, 0.2) is 0 Å². The van der Waals surface area contributed by atoms with Crippen molar-refractivity contribution in [1.82, 2.24) is 15.0 Å². The van der Waals surface area contributed by atoms with Crippen LogP contribution < -0.4 is 4.90 Å². The van der Waals surface area contributed by atoms with Gasteiger partial charge >= 0.3 is 0 Å². The van der Waals surface area contributed by atoms with E-state index in [-0.39, 0.29) is 24.7 Å². The Morgan fingerprint density at radius 1 is 0.909 bits per heavy atom. The standard InChI is InChI=1S/C27H21FN4O/c28-23-6-3-4-19(12-23)17-32(24-10-8-20(9-11-24)26-16-30-18-31-26)27(33)13-22-15-29-14-21-5-1-2-7-25(21)22/h1-12,14-16,18H,13,17H2,(H,30,31). The Hall–Kier alpha value is -4.32. The zero-order chi connectivity index (χ0) is 22.6. The Balaban J connectivity index is 1.48. The molecule has 0 aliphatic rings. The number of pyridine rings is 1. The van der Waals surface area contributed by atoms with Crippen molar-refractivity contribution >= 4 is 22.4 Å². The van der Waals surface area contributed by atoms with Gasteiger partial charge in [0.2, 0.25) is 5.91 Å². The predicted molar refractivity (Wildman–Crippen MR) is 127 cm³/mol. The number of hydrogen-bond donors (Lipinski definition) is 1. The van der Waals surface area contributed by atoms with Gasteiger partial charge < -0.3 is 9.88 Å². The van der Waals surface area contributed by atoms with E-state index >= 15 is 0 Å². The van der Waals surface area contributed by atoms with E-state index < -0.39 is 0 Å². The molecule has 33 heavy (non-hydrogen) atoms. The molecule has 0 aliphatic heterocycles. The van der Waals surface area contributed by atoms with Gasteiger partial charge in [0.05, 0.1) is 31.2 Å². The number of carbonyl (C=O) groups is 1. The second-order valence-corrected chi connectivity index (χ2v) is 7.82. The number of amides is 1. The largest absolute Gasteiger partial charge is 0.345 e. The number of imidazole rings is 1. The zero-order valence-corrected chi connectivity index (χ0v) is 17.8. The van der Waals surface area contributed by atoms with E-state index in [9.17, 15) is 9.18 Å². The summed E-state index contributed by atoms with van der Waals surface area (Å²) in [4.78, 5) is 26.7. The van der Waals surface area contributed by atoms with Crippen LogP contribution >= 0.6 is 0 Å². The van der Waals surface area contributed by atoms with Crippen molar-refractivity contribution in [1.29, 1.82) is 0 Å². The summed E-state index contributed by atoms with van der Waals surface area (Å²) in [5, 5.41) is 1.99. The van der Waals surface area contributed by atoms with Crippen LogP contribution in [0.1, 0.15) is 11.1 Å². The fourth-order valence-electron chi connectivity index (χ4n) is 3.95. The van der Waals surface area contributed by atoms with Crippen molar-refractivity contribution in [3.05, 3.63) is 115 Å². The third-order valence-corrected chi connectivity index (χ3v) is 5.61. The zero-order valence-electron chi connectivity index (χ0n) is 17.8. The van der Waals surface area contributed by atoms with Crippen LogP contribution in [0.5, 0.6) is 0 Å². The molecule has 0 radical (unpaired) electrons. The molecule has 0 atom stereocenters. The Bertz CT molecular complexity index is 1390. The normalized spacial score (nSPS) is 10.9. The first-order valence-electron chi connectivity index (χ1n) is 10.6. The Morgan fingerprint density at radius 2 is 1.76 bits per heavy atom. The van der Waals surface area contributed by atoms with Crippen molar-refractivity contribution in [3.63, 3.8) is 0 Å². The van der Waals surface area contributed by atoms with Gasteiger partial charge in [-0.2, -0.15) is 0 Å². The molecule has 6 heteroatoms. The lowest BCUT2D eigenvalue weighted by Gasteiger charge is -2.24. The maximum atomic E-state index is 13.8. The highest BCUT2D eigenvalue weighted by atomic mass is 19.1. The van der Waals surface area contributed by atoms with Crippen LogP contribution in [-0.2, 0) is 17.8 Å². The molecule has 5 rings (SSSR count). The van der Waals surface area contributed by atoms with Crippen molar-refractivity contribution < 1.29 is 9.18 Å². The summed E-state index contributed by atoms with van der Waals surface area (Å²) in [6.07, 6.45) is 7.09. The van der Waals surface area contributed by atoms with Crippen LogP contribution in [0.4, 0.5) is 10.1 Å². The topological polar surface area (TPSA) is 61.9 Å². The number of anilines is 1. The number of halogens is 1. The summed E-state index contributed by atoms with van der Waals surface area (Å²) in [6, 6.07) is 21.9. The summed E-state index contributed by atoms with van der Waals surface area (Å²) in [5.41, 5.74) is 4.17. The first-order valence-corrected chi connectivity index (χ1v) is 10.6. The smallest absolute Gasteiger partial charge is 0.231 e. The highest BCUT2D eigenvalue weighted by molar-refractivity contribution is 5.97. The molecule has 3 aromatic carbocycles. The van der Waals surface area contributed by atoms with Crippen LogP contribution in [-0.4, -0.2) is 20.9 Å². The highest BCUT2D eigenvalue weighted by Gasteiger charge is 2.19. The summed E-state index contributed by atoms with van der Waals surface area (Å²) in [6.45, 7) is 0.262. The lowest BCUT2D eigenvalue weighted by Crippen LogP contribution is -2.32. The fraction of sp³-hybridized carbons (Fsp3) is 0.0741.